The zero-order chi connectivity index (χ0) is 10.0. The third kappa shape index (κ3) is 2.07. The van der Waals surface area contributed by atoms with Gasteiger partial charge < -0.3 is 5.11 Å². The number of halogens is 4. The summed E-state index contributed by atoms with van der Waals surface area (Å²) in [4.78, 5) is 3.53. The van der Waals surface area contributed by atoms with Gasteiger partial charge in [0.15, 0.2) is 0 Å². The first-order chi connectivity index (χ1) is 6.07. The third-order valence-corrected chi connectivity index (χ3v) is 2.25. The molecule has 1 aromatic rings. The van der Waals surface area contributed by atoms with Gasteiger partial charge >= 0.3 is 0 Å². The predicted octanol–water partition coefficient (Wildman–Crippen LogP) is 2.82. The molecule has 0 radical (unpaired) electrons. The molecule has 2 nitrogen and oxygen atoms in total. The first-order valence-electron chi connectivity index (χ1n) is 3.29. The van der Waals surface area contributed by atoms with Gasteiger partial charge in [-0.05, 0) is 0 Å². The summed E-state index contributed by atoms with van der Waals surface area (Å²) in [7, 11) is 0. The Labute approximate surface area is 83.1 Å². The lowest BCUT2D eigenvalue weighted by Gasteiger charge is -2.08. The van der Waals surface area contributed by atoms with Crippen LogP contribution in [-0.2, 0) is 6.61 Å². The maximum absolute atomic E-state index is 12.4. The second-order valence-corrected chi connectivity index (χ2v) is 3.02. The van der Waals surface area contributed by atoms with E-state index in [1.54, 1.807) is 0 Å². The van der Waals surface area contributed by atoms with Gasteiger partial charge in [-0.1, -0.05) is 23.2 Å². The highest BCUT2D eigenvalue weighted by Crippen LogP contribution is 2.33. The molecule has 1 heterocycles. The van der Waals surface area contributed by atoms with Crippen LogP contribution in [0, 0.1) is 0 Å². The lowest BCUT2D eigenvalue weighted by Crippen LogP contribution is -1.99. The molecule has 1 rings (SSSR count). The minimum Gasteiger partial charge on any atom is -0.390 e. The maximum Gasteiger partial charge on any atom is 0.267 e. The third-order valence-electron chi connectivity index (χ3n) is 1.46. The maximum atomic E-state index is 12.4. The number of aliphatic hydroxyl groups is 1. The summed E-state index contributed by atoms with van der Waals surface area (Å²) in [6.07, 6.45) is -1.66. The van der Waals surface area contributed by atoms with Crippen molar-refractivity contribution < 1.29 is 13.9 Å². The summed E-state index contributed by atoms with van der Waals surface area (Å²) in [6.45, 7) is -0.587. The van der Waals surface area contributed by atoms with Crippen LogP contribution >= 0.6 is 23.2 Å². The van der Waals surface area contributed by atoms with E-state index < -0.39 is 18.6 Å². The Bertz CT molecular complexity index is 320. The Morgan fingerprint density at radius 3 is 2.54 bits per heavy atom. The Hall–Kier alpha value is -0.450. The lowest BCUT2D eigenvalue weighted by molar-refractivity contribution is 0.146. The molecule has 1 aromatic heterocycles. The molecule has 13 heavy (non-hydrogen) atoms. The minimum atomic E-state index is -2.79. The Morgan fingerprint density at radius 1 is 1.46 bits per heavy atom. The van der Waals surface area contributed by atoms with Crippen molar-refractivity contribution in [2.24, 2.45) is 0 Å². The second kappa shape index (κ2) is 4.17. The number of aliphatic hydroxyl groups excluding tert-OH is 1. The molecule has 72 valence electrons. The summed E-state index contributed by atoms with van der Waals surface area (Å²) in [5.41, 5.74) is -0.652. The van der Waals surface area contributed by atoms with E-state index in [4.69, 9.17) is 28.3 Å². The summed E-state index contributed by atoms with van der Waals surface area (Å²) in [5.74, 6) is 0. The van der Waals surface area contributed by atoms with Gasteiger partial charge in [-0.2, -0.15) is 0 Å². The van der Waals surface area contributed by atoms with Gasteiger partial charge in [0.1, 0.15) is 0 Å². The van der Waals surface area contributed by atoms with E-state index >= 15 is 0 Å². The first kappa shape index (κ1) is 10.6. The van der Waals surface area contributed by atoms with E-state index in [1.807, 2.05) is 0 Å². The fourth-order valence-corrected chi connectivity index (χ4v) is 1.25. The molecule has 0 unspecified atom stereocenters. The smallest absolute Gasteiger partial charge is 0.267 e. The fourth-order valence-electron chi connectivity index (χ4n) is 0.864. The molecule has 1 N–H and O–H groups in total. The number of aromatic nitrogens is 1. The Kier molecular flexibility index (Phi) is 3.41. The topological polar surface area (TPSA) is 33.1 Å². The van der Waals surface area contributed by atoms with Gasteiger partial charge in [-0.3, -0.25) is 4.98 Å². The van der Waals surface area contributed by atoms with Crippen LogP contribution in [-0.4, -0.2) is 10.1 Å². The number of pyridine rings is 1. The standard InChI is InChI=1S/C7H5Cl2F2NO/c8-3-1-12-4(2-13)5(6(3)9)7(10)11/h1,7,13H,2H2. The molecule has 0 saturated heterocycles. The quantitative estimate of drug-likeness (QED) is 0.844. The van der Waals surface area contributed by atoms with E-state index in [0.717, 1.165) is 6.20 Å². The monoisotopic (exact) mass is 227 g/mol. The van der Waals surface area contributed by atoms with Crippen LogP contribution in [0.2, 0.25) is 10.0 Å². The molecule has 0 aliphatic heterocycles. The first-order valence-corrected chi connectivity index (χ1v) is 4.05. The molecule has 0 spiro atoms. The van der Waals surface area contributed by atoms with Crippen molar-refractivity contribution in [1.29, 1.82) is 0 Å². The van der Waals surface area contributed by atoms with E-state index in [0.29, 0.717) is 0 Å². The molecule has 0 atom stereocenters. The van der Waals surface area contributed by atoms with Crippen LogP contribution in [0.4, 0.5) is 8.78 Å². The van der Waals surface area contributed by atoms with Crippen molar-refractivity contribution in [1.82, 2.24) is 4.98 Å². The second-order valence-electron chi connectivity index (χ2n) is 2.24. The van der Waals surface area contributed by atoms with Crippen molar-refractivity contribution in [3.63, 3.8) is 0 Å². The Balaban J connectivity index is 3.32. The molecule has 0 bridgehead atoms. The molecule has 0 amide bonds. The highest BCUT2D eigenvalue weighted by Gasteiger charge is 2.19. The van der Waals surface area contributed by atoms with Crippen LogP contribution in [0.1, 0.15) is 17.7 Å². The van der Waals surface area contributed by atoms with Gasteiger partial charge in [-0.25, -0.2) is 8.78 Å². The van der Waals surface area contributed by atoms with Gasteiger partial charge in [0.05, 0.1) is 27.9 Å². The summed E-state index contributed by atoms with van der Waals surface area (Å²) >= 11 is 11.0. The van der Waals surface area contributed by atoms with E-state index in [1.165, 1.54) is 0 Å². The van der Waals surface area contributed by atoms with Gasteiger partial charge in [-0.15, -0.1) is 0 Å². The van der Waals surface area contributed by atoms with Crippen molar-refractivity contribution >= 4 is 23.2 Å². The normalized spacial score (nSPS) is 10.9. The molecular weight excluding hydrogens is 223 g/mol. The lowest BCUT2D eigenvalue weighted by atomic mass is 10.2. The SMILES string of the molecule is OCc1ncc(Cl)c(Cl)c1C(F)F. The van der Waals surface area contributed by atoms with E-state index in [-0.39, 0.29) is 15.7 Å². The highest BCUT2D eigenvalue weighted by molar-refractivity contribution is 6.42. The van der Waals surface area contributed by atoms with E-state index in [9.17, 15) is 8.78 Å². The van der Waals surface area contributed by atoms with Crippen LogP contribution in [0.5, 0.6) is 0 Å². The zero-order valence-electron chi connectivity index (χ0n) is 6.27. The highest BCUT2D eigenvalue weighted by atomic mass is 35.5. The number of alkyl halides is 2. The van der Waals surface area contributed by atoms with Crippen LogP contribution in [0.25, 0.3) is 0 Å². The van der Waals surface area contributed by atoms with Crippen molar-refractivity contribution in [3.8, 4) is 0 Å². The fraction of sp³-hybridized carbons (Fsp3) is 0.286. The average Bonchev–Trinajstić information content (AvgIpc) is 2.08. The molecule has 0 fully saturated rings. The molecule has 0 saturated carbocycles. The largest absolute Gasteiger partial charge is 0.390 e. The molecular formula is C7H5Cl2F2NO. The molecule has 0 aliphatic carbocycles. The van der Waals surface area contributed by atoms with Crippen LogP contribution < -0.4 is 0 Å². The number of nitrogens with zero attached hydrogens (tertiary/aromatic N) is 1. The van der Waals surface area contributed by atoms with Crippen LogP contribution in [0.3, 0.4) is 0 Å². The summed E-state index contributed by atoms with van der Waals surface area (Å²) in [6, 6.07) is 0. The molecule has 0 aromatic carbocycles. The zero-order valence-corrected chi connectivity index (χ0v) is 7.78. The average molecular weight is 228 g/mol. The van der Waals surface area contributed by atoms with Crippen molar-refractivity contribution in [2.45, 2.75) is 13.0 Å². The van der Waals surface area contributed by atoms with Gasteiger partial charge in [0, 0.05) is 6.20 Å². The number of hydrogen-bond donors (Lipinski definition) is 1. The Morgan fingerprint density at radius 2 is 2.08 bits per heavy atom. The van der Waals surface area contributed by atoms with Crippen LogP contribution in [0.15, 0.2) is 6.20 Å². The predicted molar refractivity (Wildman–Crippen MR) is 45.1 cm³/mol. The summed E-state index contributed by atoms with van der Waals surface area (Å²) < 4.78 is 24.7. The number of hydrogen-bond acceptors (Lipinski definition) is 2. The molecule has 0 aliphatic rings. The van der Waals surface area contributed by atoms with Gasteiger partial charge in [0.2, 0.25) is 0 Å². The molecule has 6 heteroatoms. The van der Waals surface area contributed by atoms with Gasteiger partial charge in [0.25, 0.3) is 6.43 Å². The number of rotatable bonds is 2. The van der Waals surface area contributed by atoms with Crippen molar-refractivity contribution in [2.75, 3.05) is 0 Å². The van der Waals surface area contributed by atoms with Crippen molar-refractivity contribution in [3.05, 3.63) is 27.5 Å². The summed E-state index contributed by atoms with van der Waals surface area (Å²) in [5, 5.41) is 8.38. The van der Waals surface area contributed by atoms with E-state index in [2.05, 4.69) is 4.98 Å². The minimum absolute atomic E-state index is 0.0471.